The summed E-state index contributed by atoms with van der Waals surface area (Å²) in [5.41, 5.74) is 2.86. The monoisotopic (exact) mass is 310 g/mol. The van der Waals surface area contributed by atoms with Crippen molar-refractivity contribution in [3.8, 4) is 0 Å². The first kappa shape index (κ1) is 18.0. The van der Waals surface area contributed by atoms with E-state index in [4.69, 9.17) is 0 Å². The highest BCUT2D eigenvalue weighted by atomic mass is 32.2. The maximum Gasteiger partial charge on any atom is 0.0857 e. The molecule has 1 aromatic rings. The zero-order valence-electron chi connectivity index (χ0n) is 13.6. The molecular formula is C18H30S2. The molecule has 2 heteroatoms. The second-order valence-corrected chi connectivity index (χ2v) is 8.42. The van der Waals surface area contributed by atoms with E-state index in [2.05, 4.69) is 75.5 Å². The van der Waals surface area contributed by atoms with E-state index in [0.717, 1.165) is 0 Å². The Morgan fingerprint density at radius 1 is 0.850 bits per heavy atom. The number of benzene rings is 1. The van der Waals surface area contributed by atoms with Gasteiger partial charge in [0.15, 0.2) is 0 Å². The summed E-state index contributed by atoms with van der Waals surface area (Å²) in [6.07, 6.45) is 6.44. The van der Waals surface area contributed by atoms with Gasteiger partial charge in [0.25, 0.3) is 0 Å². The van der Waals surface area contributed by atoms with Crippen LogP contribution in [0.3, 0.4) is 0 Å². The van der Waals surface area contributed by atoms with Gasteiger partial charge in [0.05, 0.1) is 4.08 Å². The molecule has 0 saturated heterocycles. The Kier molecular flexibility index (Phi) is 8.79. The fraction of sp³-hybridized carbons (Fsp3) is 0.667. The highest BCUT2D eigenvalue weighted by molar-refractivity contribution is 8.17. The van der Waals surface area contributed by atoms with Gasteiger partial charge in [0.2, 0.25) is 0 Å². The van der Waals surface area contributed by atoms with E-state index in [1.165, 1.54) is 54.7 Å². The molecule has 114 valence electrons. The summed E-state index contributed by atoms with van der Waals surface area (Å²) in [4.78, 5) is 0. The summed E-state index contributed by atoms with van der Waals surface area (Å²) in [5.74, 6) is 2.55. The highest BCUT2D eigenvalue weighted by Gasteiger charge is 2.30. The van der Waals surface area contributed by atoms with Crippen LogP contribution in [0.5, 0.6) is 0 Å². The third-order valence-corrected chi connectivity index (χ3v) is 7.30. The Labute approximate surface area is 134 Å². The molecule has 0 saturated carbocycles. The first-order chi connectivity index (χ1) is 9.68. The minimum atomic E-state index is 0.262. The Morgan fingerprint density at radius 3 is 1.75 bits per heavy atom. The first-order valence-corrected chi connectivity index (χ1v) is 10.0. The Balaban J connectivity index is 2.86. The normalized spacial score (nSPS) is 11.8. The molecule has 0 fully saturated rings. The van der Waals surface area contributed by atoms with E-state index in [9.17, 15) is 0 Å². The van der Waals surface area contributed by atoms with Crippen LogP contribution in [-0.4, -0.2) is 11.5 Å². The van der Waals surface area contributed by atoms with Crippen molar-refractivity contribution < 1.29 is 0 Å². The molecule has 0 spiro atoms. The molecule has 0 unspecified atom stereocenters. The lowest BCUT2D eigenvalue weighted by Gasteiger charge is -2.32. The molecule has 1 rings (SSSR count). The molecule has 1 aromatic carbocycles. The molecule has 0 N–H and O–H groups in total. The van der Waals surface area contributed by atoms with Gasteiger partial charge in [0.1, 0.15) is 0 Å². The first-order valence-electron chi connectivity index (χ1n) is 8.03. The van der Waals surface area contributed by atoms with Crippen LogP contribution in [0.2, 0.25) is 0 Å². The quantitative estimate of drug-likeness (QED) is 0.351. The van der Waals surface area contributed by atoms with Crippen molar-refractivity contribution in [2.75, 3.05) is 11.5 Å². The van der Waals surface area contributed by atoms with Crippen LogP contribution in [0.1, 0.15) is 64.0 Å². The van der Waals surface area contributed by atoms with Crippen molar-refractivity contribution in [3.05, 3.63) is 35.4 Å². The molecule has 0 amide bonds. The summed E-state index contributed by atoms with van der Waals surface area (Å²) in [6.45, 7) is 9.08. The van der Waals surface area contributed by atoms with Crippen molar-refractivity contribution in [1.82, 2.24) is 0 Å². The number of hydrogen-bond donors (Lipinski definition) is 0. The molecule has 20 heavy (non-hydrogen) atoms. The van der Waals surface area contributed by atoms with Crippen LogP contribution in [0.15, 0.2) is 24.3 Å². The molecule has 0 heterocycles. The molecule has 0 radical (unpaired) electrons. The van der Waals surface area contributed by atoms with Crippen LogP contribution >= 0.6 is 23.5 Å². The van der Waals surface area contributed by atoms with Gasteiger partial charge in [-0.25, -0.2) is 0 Å². The maximum atomic E-state index is 2.34. The SMILES string of the molecule is CCCCSC(CC)(SCCCC)c1ccc(C)cc1. The molecule has 0 aliphatic rings. The lowest BCUT2D eigenvalue weighted by Crippen LogP contribution is -2.18. The van der Waals surface area contributed by atoms with Gasteiger partial charge < -0.3 is 0 Å². The average Bonchev–Trinajstić information content (AvgIpc) is 2.47. The van der Waals surface area contributed by atoms with E-state index < -0.39 is 0 Å². The molecular weight excluding hydrogens is 280 g/mol. The van der Waals surface area contributed by atoms with Gasteiger partial charge in [-0.05, 0) is 43.3 Å². The van der Waals surface area contributed by atoms with Crippen LogP contribution in [0, 0.1) is 6.92 Å². The zero-order chi connectivity index (χ0) is 14.8. The second-order valence-electron chi connectivity index (χ2n) is 5.38. The van der Waals surface area contributed by atoms with Gasteiger partial charge in [-0.3, -0.25) is 0 Å². The third-order valence-electron chi connectivity index (χ3n) is 3.62. The van der Waals surface area contributed by atoms with Crippen LogP contribution in [0.4, 0.5) is 0 Å². The molecule has 0 bridgehead atoms. The second kappa shape index (κ2) is 9.78. The summed E-state index contributed by atoms with van der Waals surface area (Å²) in [5, 5.41) is 0. The lowest BCUT2D eigenvalue weighted by atomic mass is 10.1. The highest BCUT2D eigenvalue weighted by Crippen LogP contribution is 2.49. The predicted octanol–water partition coefficient (Wildman–Crippen LogP) is 6.62. The average molecular weight is 311 g/mol. The Morgan fingerprint density at radius 2 is 1.35 bits per heavy atom. The number of thioether (sulfide) groups is 2. The van der Waals surface area contributed by atoms with E-state index in [0.29, 0.717) is 0 Å². The number of hydrogen-bond acceptors (Lipinski definition) is 2. The molecule has 0 atom stereocenters. The minimum Gasteiger partial charge on any atom is -0.139 e. The molecule has 0 aromatic heterocycles. The van der Waals surface area contributed by atoms with E-state index in [1.807, 2.05) is 0 Å². The van der Waals surface area contributed by atoms with E-state index >= 15 is 0 Å². The fourth-order valence-electron chi connectivity index (χ4n) is 2.19. The van der Waals surface area contributed by atoms with E-state index in [-0.39, 0.29) is 4.08 Å². The van der Waals surface area contributed by atoms with Crippen LogP contribution in [0.25, 0.3) is 0 Å². The fourth-order valence-corrected chi connectivity index (χ4v) is 5.56. The van der Waals surface area contributed by atoms with Crippen LogP contribution < -0.4 is 0 Å². The van der Waals surface area contributed by atoms with Gasteiger partial charge in [-0.1, -0.05) is 63.4 Å². The zero-order valence-corrected chi connectivity index (χ0v) is 15.2. The Bertz CT molecular complexity index is 346. The molecule has 0 aliphatic heterocycles. The number of rotatable bonds is 10. The van der Waals surface area contributed by atoms with Crippen molar-refractivity contribution in [1.29, 1.82) is 0 Å². The van der Waals surface area contributed by atoms with Crippen molar-refractivity contribution in [3.63, 3.8) is 0 Å². The standard InChI is InChI=1S/C18H30S2/c1-5-8-14-19-18(7-3,20-15-9-6-2)17-12-10-16(4)11-13-17/h10-13H,5-9,14-15H2,1-4H3. The van der Waals surface area contributed by atoms with Crippen LogP contribution in [-0.2, 0) is 4.08 Å². The van der Waals surface area contributed by atoms with Gasteiger partial charge >= 0.3 is 0 Å². The minimum absolute atomic E-state index is 0.262. The van der Waals surface area contributed by atoms with Gasteiger partial charge in [-0.15, -0.1) is 23.5 Å². The summed E-state index contributed by atoms with van der Waals surface area (Å²) < 4.78 is 0.262. The lowest BCUT2D eigenvalue weighted by molar-refractivity contribution is 0.812. The maximum absolute atomic E-state index is 2.34. The summed E-state index contributed by atoms with van der Waals surface area (Å²) in [7, 11) is 0. The van der Waals surface area contributed by atoms with Crippen molar-refractivity contribution in [2.24, 2.45) is 0 Å². The largest absolute Gasteiger partial charge is 0.139 e. The van der Waals surface area contributed by atoms with Crippen molar-refractivity contribution in [2.45, 2.75) is 63.9 Å². The number of aryl methyl sites for hydroxylation is 1. The predicted molar refractivity (Wildman–Crippen MR) is 97.9 cm³/mol. The Hall–Kier alpha value is -0.0800. The van der Waals surface area contributed by atoms with E-state index in [1.54, 1.807) is 0 Å². The number of unbranched alkanes of at least 4 members (excludes halogenated alkanes) is 2. The smallest absolute Gasteiger partial charge is 0.0857 e. The molecule has 0 nitrogen and oxygen atoms in total. The topological polar surface area (TPSA) is 0 Å². The van der Waals surface area contributed by atoms with Crippen molar-refractivity contribution >= 4 is 23.5 Å². The third kappa shape index (κ3) is 5.37. The molecule has 0 aliphatic carbocycles. The van der Waals surface area contributed by atoms with Gasteiger partial charge in [-0.2, -0.15) is 0 Å². The summed E-state index contributed by atoms with van der Waals surface area (Å²) >= 11 is 4.33. The summed E-state index contributed by atoms with van der Waals surface area (Å²) in [6, 6.07) is 9.22. The van der Waals surface area contributed by atoms with Gasteiger partial charge in [0, 0.05) is 0 Å².